The predicted molar refractivity (Wildman–Crippen MR) is 75.1 cm³/mol. The number of nitrogens with zero attached hydrogens (tertiary/aromatic N) is 3. The molecular formula is C14H21N5. The van der Waals surface area contributed by atoms with Gasteiger partial charge in [0.1, 0.15) is 12.2 Å². The predicted octanol–water partition coefficient (Wildman–Crippen LogP) is 1.68. The molecule has 0 amide bonds. The van der Waals surface area contributed by atoms with Gasteiger partial charge in [-0.15, -0.1) is 0 Å². The molecule has 1 unspecified atom stereocenters. The van der Waals surface area contributed by atoms with Gasteiger partial charge in [0, 0.05) is 13.0 Å². The molecule has 3 N–H and O–H groups in total. The van der Waals surface area contributed by atoms with Gasteiger partial charge in [0.25, 0.3) is 0 Å². The monoisotopic (exact) mass is 259 g/mol. The summed E-state index contributed by atoms with van der Waals surface area (Å²) < 4.78 is 1.96. The lowest BCUT2D eigenvalue weighted by molar-refractivity contribution is 0.446. The third-order valence-electron chi connectivity index (χ3n) is 3.02. The first-order valence-corrected chi connectivity index (χ1v) is 6.58. The minimum absolute atomic E-state index is 0.0521. The quantitative estimate of drug-likeness (QED) is 0.612. The highest BCUT2D eigenvalue weighted by Crippen LogP contribution is 2.16. The van der Waals surface area contributed by atoms with Crippen LogP contribution >= 0.6 is 0 Å². The highest BCUT2D eigenvalue weighted by atomic mass is 15.3. The largest absolute Gasteiger partial charge is 0.271 e. The van der Waals surface area contributed by atoms with Crippen LogP contribution in [-0.4, -0.2) is 14.8 Å². The van der Waals surface area contributed by atoms with Gasteiger partial charge < -0.3 is 0 Å². The molecule has 0 aliphatic heterocycles. The van der Waals surface area contributed by atoms with Crippen LogP contribution in [0.15, 0.2) is 36.7 Å². The first-order chi connectivity index (χ1) is 9.20. The second-order valence-corrected chi connectivity index (χ2v) is 5.09. The van der Waals surface area contributed by atoms with E-state index in [9.17, 15) is 0 Å². The number of hydrazine groups is 1. The summed E-state index contributed by atoms with van der Waals surface area (Å²) in [5.74, 6) is 7.17. The summed E-state index contributed by atoms with van der Waals surface area (Å²) in [5, 5.41) is 4.27. The zero-order valence-electron chi connectivity index (χ0n) is 11.5. The van der Waals surface area contributed by atoms with E-state index < -0.39 is 0 Å². The van der Waals surface area contributed by atoms with Crippen molar-refractivity contribution in [3.8, 4) is 0 Å². The summed E-state index contributed by atoms with van der Waals surface area (Å²) in [6.07, 6.45) is 2.34. The Morgan fingerprint density at radius 3 is 2.63 bits per heavy atom. The van der Waals surface area contributed by atoms with Gasteiger partial charge >= 0.3 is 0 Å². The molecule has 5 nitrogen and oxygen atoms in total. The SMILES string of the molecule is CC(C)Cn1ncnc1CC(NN)c1ccccc1. The van der Waals surface area contributed by atoms with Crippen LogP contribution in [0.4, 0.5) is 0 Å². The smallest absolute Gasteiger partial charge is 0.138 e. The Labute approximate surface area is 113 Å². The Hall–Kier alpha value is -1.72. The van der Waals surface area contributed by atoms with Crippen LogP contribution in [0.3, 0.4) is 0 Å². The molecule has 0 saturated heterocycles. The van der Waals surface area contributed by atoms with E-state index >= 15 is 0 Å². The first kappa shape index (κ1) is 13.7. The lowest BCUT2D eigenvalue weighted by Gasteiger charge is -2.16. The van der Waals surface area contributed by atoms with E-state index in [0.29, 0.717) is 5.92 Å². The molecule has 0 radical (unpaired) electrons. The average molecular weight is 259 g/mol. The minimum Gasteiger partial charge on any atom is -0.271 e. The molecule has 1 aromatic carbocycles. The number of hydrogen-bond acceptors (Lipinski definition) is 4. The van der Waals surface area contributed by atoms with Crippen molar-refractivity contribution in [3.63, 3.8) is 0 Å². The van der Waals surface area contributed by atoms with Crippen molar-refractivity contribution < 1.29 is 0 Å². The van der Waals surface area contributed by atoms with E-state index in [1.54, 1.807) is 6.33 Å². The summed E-state index contributed by atoms with van der Waals surface area (Å²) in [6, 6.07) is 10.2. The Morgan fingerprint density at radius 2 is 2.00 bits per heavy atom. The molecule has 0 fully saturated rings. The summed E-state index contributed by atoms with van der Waals surface area (Å²) in [5.41, 5.74) is 4.01. The molecule has 2 aromatic rings. The Balaban J connectivity index is 2.13. The van der Waals surface area contributed by atoms with Crippen molar-refractivity contribution in [1.29, 1.82) is 0 Å². The molecule has 1 heterocycles. The van der Waals surface area contributed by atoms with Crippen molar-refractivity contribution in [2.45, 2.75) is 32.9 Å². The second-order valence-electron chi connectivity index (χ2n) is 5.09. The second kappa shape index (κ2) is 6.45. The fraction of sp³-hybridized carbons (Fsp3) is 0.429. The van der Waals surface area contributed by atoms with E-state index in [2.05, 4.69) is 41.5 Å². The molecule has 5 heteroatoms. The van der Waals surface area contributed by atoms with Crippen molar-refractivity contribution in [3.05, 3.63) is 48.0 Å². The lowest BCUT2D eigenvalue weighted by Crippen LogP contribution is -2.30. The standard InChI is InChI=1S/C14H21N5/c1-11(2)9-19-14(16-10-17-19)8-13(18-15)12-6-4-3-5-7-12/h3-7,10-11,13,18H,8-9,15H2,1-2H3. The highest BCUT2D eigenvalue weighted by molar-refractivity contribution is 5.19. The molecule has 0 saturated carbocycles. The van der Waals surface area contributed by atoms with Gasteiger partial charge in [-0.3, -0.25) is 11.3 Å². The van der Waals surface area contributed by atoms with E-state index in [1.807, 2.05) is 22.9 Å². The molecule has 102 valence electrons. The minimum atomic E-state index is 0.0521. The van der Waals surface area contributed by atoms with Crippen molar-refractivity contribution in [1.82, 2.24) is 20.2 Å². The van der Waals surface area contributed by atoms with Gasteiger partial charge in [-0.25, -0.2) is 9.67 Å². The zero-order chi connectivity index (χ0) is 13.7. The van der Waals surface area contributed by atoms with Gasteiger partial charge in [-0.2, -0.15) is 5.10 Å². The van der Waals surface area contributed by atoms with Crippen molar-refractivity contribution in [2.24, 2.45) is 11.8 Å². The Kier molecular flexibility index (Phi) is 4.65. The van der Waals surface area contributed by atoms with E-state index in [0.717, 1.165) is 24.4 Å². The molecule has 0 bridgehead atoms. The Morgan fingerprint density at radius 1 is 1.26 bits per heavy atom. The fourth-order valence-electron chi connectivity index (χ4n) is 2.09. The van der Waals surface area contributed by atoms with Crippen LogP contribution < -0.4 is 11.3 Å². The zero-order valence-corrected chi connectivity index (χ0v) is 11.5. The molecule has 0 spiro atoms. The van der Waals surface area contributed by atoms with Crippen LogP contribution in [0.2, 0.25) is 0 Å². The van der Waals surface area contributed by atoms with Crippen molar-refractivity contribution in [2.75, 3.05) is 0 Å². The Bertz CT molecular complexity index is 492. The van der Waals surface area contributed by atoms with Crippen LogP contribution in [0.1, 0.15) is 31.3 Å². The maximum absolute atomic E-state index is 5.67. The fourth-order valence-corrected chi connectivity index (χ4v) is 2.09. The maximum atomic E-state index is 5.67. The molecule has 2 rings (SSSR count). The normalized spacial score (nSPS) is 12.8. The number of nitrogens with one attached hydrogen (secondary N) is 1. The third kappa shape index (κ3) is 3.62. The lowest BCUT2D eigenvalue weighted by atomic mass is 10.0. The summed E-state index contributed by atoms with van der Waals surface area (Å²) in [7, 11) is 0. The molecule has 1 aromatic heterocycles. The molecular weight excluding hydrogens is 238 g/mol. The summed E-state index contributed by atoms with van der Waals surface area (Å²) in [6.45, 7) is 5.21. The third-order valence-corrected chi connectivity index (χ3v) is 3.02. The van der Waals surface area contributed by atoms with E-state index in [1.165, 1.54) is 0 Å². The topological polar surface area (TPSA) is 68.8 Å². The number of nitrogens with two attached hydrogens (primary N) is 1. The van der Waals surface area contributed by atoms with Crippen molar-refractivity contribution >= 4 is 0 Å². The first-order valence-electron chi connectivity index (χ1n) is 6.58. The van der Waals surface area contributed by atoms with E-state index in [4.69, 9.17) is 5.84 Å². The number of aromatic nitrogens is 3. The van der Waals surface area contributed by atoms with E-state index in [-0.39, 0.29) is 6.04 Å². The maximum Gasteiger partial charge on any atom is 0.138 e. The van der Waals surface area contributed by atoms with Crippen LogP contribution in [0.25, 0.3) is 0 Å². The van der Waals surface area contributed by atoms with Gasteiger partial charge in [0.15, 0.2) is 0 Å². The molecule has 0 aliphatic carbocycles. The molecule has 0 aliphatic rings. The van der Waals surface area contributed by atoms with Crippen LogP contribution in [-0.2, 0) is 13.0 Å². The highest BCUT2D eigenvalue weighted by Gasteiger charge is 2.14. The van der Waals surface area contributed by atoms with Gasteiger partial charge in [0.2, 0.25) is 0 Å². The molecule has 19 heavy (non-hydrogen) atoms. The summed E-state index contributed by atoms with van der Waals surface area (Å²) >= 11 is 0. The van der Waals surface area contributed by atoms with Gasteiger partial charge in [0.05, 0.1) is 6.04 Å². The summed E-state index contributed by atoms with van der Waals surface area (Å²) in [4.78, 5) is 4.34. The van der Waals surface area contributed by atoms with Gasteiger partial charge in [-0.05, 0) is 11.5 Å². The van der Waals surface area contributed by atoms with Gasteiger partial charge in [-0.1, -0.05) is 44.2 Å². The number of rotatable bonds is 6. The average Bonchev–Trinajstić information content (AvgIpc) is 2.83. The molecule has 1 atom stereocenters. The van der Waals surface area contributed by atoms with Crippen LogP contribution in [0.5, 0.6) is 0 Å². The number of hydrogen-bond donors (Lipinski definition) is 2. The van der Waals surface area contributed by atoms with Crippen LogP contribution in [0, 0.1) is 5.92 Å². The number of benzene rings is 1.